The van der Waals surface area contributed by atoms with Gasteiger partial charge in [-0.25, -0.2) is 18.3 Å². The fourth-order valence-electron chi connectivity index (χ4n) is 3.38. The lowest BCUT2D eigenvalue weighted by Gasteiger charge is -2.44. The van der Waals surface area contributed by atoms with Crippen molar-refractivity contribution in [2.45, 2.75) is 41.9 Å². The second-order valence-electron chi connectivity index (χ2n) is 6.91. The van der Waals surface area contributed by atoms with E-state index in [4.69, 9.17) is 14.7 Å². The lowest BCUT2D eigenvalue weighted by Crippen LogP contribution is -2.61. The fraction of sp³-hybridized carbons (Fsp3) is 0.300. The van der Waals surface area contributed by atoms with E-state index >= 15 is 0 Å². The smallest absolute Gasteiger partial charge is 0.303 e. The highest BCUT2D eigenvalue weighted by Gasteiger charge is 2.59. The molecular formula is C20H20FNO7S. The lowest BCUT2D eigenvalue weighted by molar-refractivity contribution is -0.161. The summed E-state index contributed by atoms with van der Waals surface area (Å²) < 4.78 is 48.6. The third kappa shape index (κ3) is 4.01. The maximum Gasteiger partial charge on any atom is 0.303 e. The van der Waals surface area contributed by atoms with Gasteiger partial charge in [0.15, 0.2) is 9.84 Å². The third-order valence-electron chi connectivity index (χ3n) is 5.03. The number of carbonyl (C=O) groups is 2. The van der Waals surface area contributed by atoms with Crippen LogP contribution in [0.5, 0.6) is 11.5 Å². The van der Waals surface area contributed by atoms with E-state index < -0.39 is 38.4 Å². The average Bonchev–Trinajstić information content (AvgIpc) is 2.67. The van der Waals surface area contributed by atoms with Crippen LogP contribution >= 0.6 is 0 Å². The molecule has 2 N–H and O–H groups in total. The first-order valence-corrected chi connectivity index (χ1v) is 10.6. The molecule has 0 spiro atoms. The Balaban J connectivity index is 1.89. The Kier molecular flexibility index (Phi) is 6.09. The van der Waals surface area contributed by atoms with Crippen LogP contribution in [0.3, 0.4) is 0 Å². The van der Waals surface area contributed by atoms with E-state index in [1.165, 1.54) is 54.0 Å². The number of hydroxylamine groups is 1. The number of ether oxygens (including phenoxy) is 2. The summed E-state index contributed by atoms with van der Waals surface area (Å²) in [6.45, 7) is 1.05. The van der Waals surface area contributed by atoms with Gasteiger partial charge in [0.1, 0.15) is 22.1 Å². The topological polar surface area (TPSA) is 119 Å². The Morgan fingerprint density at radius 1 is 1.07 bits per heavy atom. The van der Waals surface area contributed by atoms with E-state index in [2.05, 4.69) is 0 Å². The van der Waals surface area contributed by atoms with E-state index in [-0.39, 0.29) is 17.7 Å². The number of halogens is 1. The van der Waals surface area contributed by atoms with E-state index in [1.807, 2.05) is 0 Å². The van der Waals surface area contributed by atoms with Crippen molar-refractivity contribution in [2.24, 2.45) is 0 Å². The number of sulfone groups is 1. The molecular weight excluding hydrogens is 417 g/mol. The summed E-state index contributed by atoms with van der Waals surface area (Å²) in [6.07, 6.45) is -0.987. The van der Waals surface area contributed by atoms with E-state index in [0.29, 0.717) is 17.9 Å². The molecule has 160 valence electrons. The Hall–Kier alpha value is -2.98. The van der Waals surface area contributed by atoms with Crippen LogP contribution in [0.2, 0.25) is 0 Å². The van der Waals surface area contributed by atoms with Crippen LogP contribution in [-0.2, 0) is 24.2 Å². The number of carbonyl (C=O) groups excluding carboxylic acids is 2. The Labute approximate surface area is 172 Å². The molecule has 1 saturated carbocycles. The Morgan fingerprint density at radius 3 is 2.03 bits per heavy atom. The van der Waals surface area contributed by atoms with Crippen molar-refractivity contribution >= 4 is 21.7 Å². The molecule has 1 atom stereocenters. The van der Waals surface area contributed by atoms with E-state index in [1.54, 1.807) is 0 Å². The van der Waals surface area contributed by atoms with Crippen molar-refractivity contribution < 1.29 is 37.1 Å². The standard InChI is InChI=1S/C20H20FNO7S/c1-13(23)28-18(19(24)22-25)20(11-2-12-20)30(26,27)17-9-7-16(8-10-17)29-15-5-3-14(21)4-6-15/h3-10,18,25H,2,11-12H2,1H3,(H,22,24). The minimum absolute atomic E-state index is 0.0865. The molecule has 10 heteroatoms. The summed E-state index contributed by atoms with van der Waals surface area (Å²) in [5.74, 6) is -1.66. The number of nitrogens with one attached hydrogen (secondary N) is 1. The van der Waals surface area contributed by atoms with Crippen LogP contribution < -0.4 is 10.2 Å². The molecule has 1 aliphatic carbocycles. The van der Waals surface area contributed by atoms with Gasteiger partial charge in [-0.15, -0.1) is 0 Å². The molecule has 0 saturated heterocycles. The van der Waals surface area contributed by atoms with Crippen molar-refractivity contribution in [3.63, 3.8) is 0 Å². The zero-order chi connectivity index (χ0) is 21.9. The number of rotatable bonds is 7. The molecule has 2 aromatic carbocycles. The molecule has 3 rings (SSSR count). The first kappa shape index (κ1) is 21.7. The summed E-state index contributed by atoms with van der Waals surface area (Å²) in [5.41, 5.74) is 1.38. The summed E-state index contributed by atoms with van der Waals surface area (Å²) in [6, 6.07) is 10.8. The molecule has 0 radical (unpaired) electrons. The zero-order valence-corrected chi connectivity index (χ0v) is 16.8. The van der Waals surface area contributed by atoms with Crippen molar-refractivity contribution in [2.75, 3.05) is 0 Å². The van der Waals surface area contributed by atoms with Gasteiger partial charge >= 0.3 is 5.97 Å². The normalized spacial score (nSPS) is 16.1. The molecule has 0 bridgehead atoms. The van der Waals surface area contributed by atoms with Crippen molar-refractivity contribution in [1.29, 1.82) is 0 Å². The molecule has 8 nitrogen and oxygen atoms in total. The maximum absolute atomic E-state index is 13.4. The van der Waals surface area contributed by atoms with Crippen LogP contribution in [0.1, 0.15) is 26.2 Å². The van der Waals surface area contributed by atoms with E-state index in [0.717, 1.165) is 6.92 Å². The molecule has 0 heterocycles. The van der Waals surface area contributed by atoms with Crippen LogP contribution in [0.15, 0.2) is 53.4 Å². The van der Waals surface area contributed by atoms with Gasteiger partial charge in [0.05, 0.1) is 4.90 Å². The molecule has 2 aromatic rings. The molecule has 1 amide bonds. The largest absolute Gasteiger partial charge is 0.457 e. The quantitative estimate of drug-likeness (QED) is 0.388. The number of benzene rings is 2. The molecule has 0 aliphatic heterocycles. The summed E-state index contributed by atoms with van der Waals surface area (Å²) in [4.78, 5) is 23.5. The minimum Gasteiger partial charge on any atom is -0.457 e. The van der Waals surface area contributed by atoms with Gasteiger partial charge in [-0.3, -0.25) is 14.8 Å². The predicted octanol–water partition coefficient (Wildman–Crippen LogP) is 2.75. The first-order chi connectivity index (χ1) is 14.2. The predicted molar refractivity (Wildman–Crippen MR) is 102 cm³/mol. The highest BCUT2D eigenvalue weighted by molar-refractivity contribution is 7.93. The molecule has 30 heavy (non-hydrogen) atoms. The number of esters is 1. The minimum atomic E-state index is -4.11. The molecule has 0 aromatic heterocycles. The van der Waals surface area contributed by atoms with Crippen molar-refractivity contribution in [3.05, 3.63) is 54.3 Å². The highest BCUT2D eigenvalue weighted by atomic mass is 32.2. The van der Waals surface area contributed by atoms with Gasteiger partial charge in [0, 0.05) is 6.92 Å². The molecule has 1 fully saturated rings. The van der Waals surface area contributed by atoms with Gasteiger partial charge in [0.25, 0.3) is 5.91 Å². The average molecular weight is 437 g/mol. The molecule has 1 unspecified atom stereocenters. The SMILES string of the molecule is CC(=O)OC(C(=O)NO)C1(S(=O)(=O)c2ccc(Oc3ccc(F)cc3)cc2)CCC1. The number of amides is 1. The van der Waals surface area contributed by atoms with Gasteiger partial charge in [-0.1, -0.05) is 0 Å². The number of hydrogen-bond donors (Lipinski definition) is 2. The third-order valence-corrected chi connectivity index (χ3v) is 7.61. The van der Waals surface area contributed by atoms with E-state index in [9.17, 15) is 22.4 Å². The second kappa shape index (κ2) is 8.41. The van der Waals surface area contributed by atoms with Crippen LogP contribution in [0.4, 0.5) is 4.39 Å². The summed E-state index contributed by atoms with van der Waals surface area (Å²) in [5, 5.41) is 9.01. The first-order valence-electron chi connectivity index (χ1n) is 9.09. The van der Waals surface area contributed by atoms with Crippen molar-refractivity contribution in [3.8, 4) is 11.5 Å². The second-order valence-corrected chi connectivity index (χ2v) is 9.21. The van der Waals surface area contributed by atoms with Gasteiger partial charge < -0.3 is 9.47 Å². The van der Waals surface area contributed by atoms with Crippen LogP contribution in [0.25, 0.3) is 0 Å². The van der Waals surface area contributed by atoms with Gasteiger partial charge in [-0.2, -0.15) is 0 Å². The van der Waals surface area contributed by atoms with Crippen molar-refractivity contribution in [1.82, 2.24) is 5.48 Å². The highest BCUT2D eigenvalue weighted by Crippen LogP contribution is 2.47. The maximum atomic E-state index is 13.4. The van der Waals surface area contributed by atoms with Gasteiger partial charge in [-0.05, 0) is 67.8 Å². The fourth-order valence-corrected chi connectivity index (χ4v) is 5.61. The Bertz CT molecular complexity index is 1030. The monoisotopic (exact) mass is 437 g/mol. The zero-order valence-electron chi connectivity index (χ0n) is 16.0. The molecule has 1 aliphatic rings. The summed E-state index contributed by atoms with van der Waals surface area (Å²) in [7, 11) is -4.11. The van der Waals surface area contributed by atoms with Gasteiger partial charge in [0.2, 0.25) is 6.10 Å². The summed E-state index contributed by atoms with van der Waals surface area (Å²) >= 11 is 0. The lowest BCUT2D eigenvalue weighted by atomic mass is 9.79. The Morgan fingerprint density at radius 2 is 1.60 bits per heavy atom. The number of hydrogen-bond acceptors (Lipinski definition) is 7. The van der Waals surface area contributed by atoms with Crippen LogP contribution in [0, 0.1) is 5.82 Å². The van der Waals surface area contributed by atoms with Crippen LogP contribution in [-0.4, -0.2) is 36.4 Å².